The Balaban J connectivity index is 0.000000167. The van der Waals surface area contributed by atoms with Crippen LogP contribution in [0, 0.1) is 5.92 Å². The number of thiazole rings is 1. The van der Waals surface area contributed by atoms with Crippen LogP contribution < -0.4 is 10.0 Å². The molecule has 2 aliphatic carbocycles. The van der Waals surface area contributed by atoms with Crippen LogP contribution in [0.5, 0.6) is 0 Å². The highest BCUT2D eigenvalue weighted by atomic mass is 32.2. The van der Waals surface area contributed by atoms with Crippen LogP contribution in [0.4, 0.5) is 5.13 Å². The average Bonchev–Trinajstić information content (AvgIpc) is 2.99. The highest BCUT2D eigenvalue weighted by molar-refractivity contribution is 7.97. The summed E-state index contributed by atoms with van der Waals surface area (Å²) in [6.07, 6.45) is 13.9. The van der Waals surface area contributed by atoms with Crippen molar-refractivity contribution < 1.29 is 0 Å². The van der Waals surface area contributed by atoms with Gasteiger partial charge < -0.3 is 5.32 Å². The first-order chi connectivity index (χ1) is 11.2. The van der Waals surface area contributed by atoms with E-state index in [1.165, 1.54) is 49.2 Å². The Morgan fingerprint density at radius 2 is 2.09 bits per heavy atom. The summed E-state index contributed by atoms with van der Waals surface area (Å²) >= 11 is 3.60. The van der Waals surface area contributed by atoms with Gasteiger partial charge in [-0.25, -0.2) is 4.98 Å². The van der Waals surface area contributed by atoms with Crippen LogP contribution >= 0.6 is 23.3 Å². The Kier molecular flexibility index (Phi) is 8.48. The smallest absolute Gasteiger partial charge is 0.183 e. The van der Waals surface area contributed by atoms with E-state index in [-0.39, 0.29) is 0 Å². The van der Waals surface area contributed by atoms with Gasteiger partial charge in [0.2, 0.25) is 0 Å². The second-order valence-electron chi connectivity index (χ2n) is 6.54. The van der Waals surface area contributed by atoms with Gasteiger partial charge in [0, 0.05) is 18.8 Å². The Bertz CT molecular complexity index is 477. The third-order valence-corrected chi connectivity index (χ3v) is 6.06. The van der Waals surface area contributed by atoms with Gasteiger partial charge in [0.15, 0.2) is 5.13 Å². The maximum absolute atomic E-state index is 4.43. The Morgan fingerprint density at radius 3 is 2.74 bits per heavy atom. The molecule has 1 aromatic rings. The summed E-state index contributed by atoms with van der Waals surface area (Å²) in [5.41, 5.74) is 1.25. The van der Waals surface area contributed by atoms with Crippen molar-refractivity contribution in [2.75, 3.05) is 18.9 Å². The number of nitrogens with zero attached hydrogens (tertiary/aromatic N) is 1. The molecule has 130 valence electrons. The zero-order valence-corrected chi connectivity index (χ0v) is 16.4. The van der Waals surface area contributed by atoms with Crippen LogP contribution in [0.3, 0.4) is 0 Å². The molecule has 0 spiro atoms. The van der Waals surface area contributed by atoms with Gasteiger partial charge in [-0.05, 0) is 37.7 Å². The van der Waals surface area contributed by atoms with E-state index in [0.29, 0.717) is 5.25 Å². The number of hydrogen-bond donors (Lipinski definition) is 2. The first-order valence-corrected chi connectivity index (χ1v) is 10.6. The normalized spacial score (nSPS) is 17.6. The molecule has 1 aromatic heterocycles. The Hall–Kier alpha value is -0.520. The molecule has 0 aromatic carbocycles. The second-order valence-corrected chi connectivity index (χ2v) is 9.04. The number of aryl methyl sites for hydroxylation is 1. The number of nitrogens with one attached hydrogen (secondary N) is 2. The van der Waals surface area contributed by atoms with E-state index in [9.17, 15) is 0 Å². The maximum atomic E-state index is 4.43. The minimum atomic E-state index is 0.716. The summed E-state index contributed by atoms with van der Waals surface area (Å²) in [6, 6.07) is 0. The number of aromatic nitrogens is 1. The van der Waals surface area contributed by atoms with Crippen molar-refractivity contribution in [3.05, 3.63) is 16.6 Å². The van der Waals surface area contributed by atoms with Crippen LogP contribution in [0.25, 0.3) is 6.08 Å². The summed E-state index contributed by atoms with van der Waals surface area (Å²) in [7, 11) is 1.91. The molecule has 3 nitrogen and oxygen atoms in total. The van der Waals surface area contributed by atoms with Gasteiger partial charge in [0.05, 0.1) is 10.6 Å². The molecule has 0 radical (unpaired) electrons. The van der Waals surface area contributed by atoms with E-state index in [2.05, 4.69) is 41.0 Å². The molecule has 0 saturated heterocycles. The van der Waals surface area contributed by atoms with Crippen LogP contribution in [0.15, 0.2) is 6.08 Å². The summed E-state index contributed by atoms with van der Waals surface area (Å²) in [4.78, 5) is 5.75. The minimum absolute atomic E-state index is 0.716. The van der Waals surface area contributed by atoms with E-state index in [1.807, 2.05) is 19.0 Å². The van der Waals surface area contributed by atoms with E-state index < -0.39 is 0 Å². The van der Waals surface area contributed by atoms with Gasteiger partial charge in [0.25, 0.3) is 0 Å². The number of fused-ring (bicyclic) bond motifs is 1. The van der Waals surface area contributed by atoms with E-state index in [0.717, 1.165) is 23.9 Å². The summed E-state index contributed by atoms with van der Waals surface area (Å²) in [6.45, 7) is 5.69. The van der Waals surface area contributed by atoms with E-state index in [4.69, 9.17) is 0 Å². The predicted molar refractivity (Wildman–Crippen MR) is 106 cm³/mol. The number of hydrogen-bond acceptors (Lipinski definition) is 5. The molecule has 3 rings (SSSR count). The van der Waals surface area contributed by atoms with Gasteiger partial charge >= 0.3 is 0 Å². The van der Waals surface area contributed by atoms with Crippen molar-refractivity contribution in [1.29, 1.82) is 0 Å². The molecular weight excluding hydrogens is 322 g/mol. The molecule has 0 amide bonds. The molecule has 0 atom stereocenters. The van der Waals surface area contributed by atoms with Crippen molar-refractivity contribution in [2.24, 2.45) is 5.92 Å². The molecule has 0 bridgehead atoms. The summed E-state index contributed by atoms with van der Waals surface area (Å²) in [5, 5.41) is 4.80. The maximum Gasteiger partial charge on any atom is 0.183 e. The highest BCUT2D eigenvalue weighted by Gasteiger charge is 2.12. The molecule has 23 heavy (non-hydrogen) atoms. The Morgan fingerprint density at radius 1 is 1.30 bits per heavy atom. The molecule has 2 N–H and O–H groups in total. The lowest BCUT2D eigenvalue weighted by molar-refractivity contribution is 0.360. The molecule has 0 unspecified atom stereocenters. The average molecular weight is 354 g/mol. The molecule has 1 fully saturated rings. The van der Waals surface area contributed by atoms with Crippen molar-refractivity contribution in [1.82, 2.24) is 9.71 Å². The zero-order valence-electron chi connectivity index (χ0n) is 14.7. The largest absolute Gasteiger partial charge is 0.365 e. The van der Waals surface area contributed by atoms with Crippen molar-refractivity contribution in [2.45, 2.75) is 64.0 Å². The van der Waals surface area contributed by atoms with Gasteiger partial charge in [-0.2, -0.15) is 0 Å². The molecule has 1 saturated carbocycles. The topological polar surface area (TPSA) is 37.0 Å². The minimum Gasteiger partial charge on any atom is -0.365 e. The predicted octanol–water partition coefficient (Wildman–Crippen LogP) is 5.36. The van der Waals surface area contributed by atoms with E-state index in [1.54, 1.807) is 11.3 Å². The quantitative estimate of drug-likeness (QED) is 0.699. The highest BCUT2D eigenvalue weighted by Crippen LogP contribution is 2.27. The lowest BCUT2D eigenvalue weighted by Gasteiger charge is -2.21. The van der Waals surface area contributed by atoms with Crippen LogP contribution in [0.2, 0.25) is 0 Å². The standard InChI is InChI=1S/C10H21NS.C8H10N2S/c1-9(2)12-11-8-10-6-4-3-5-7-10;1-9-8-10-6-4-2-3-5-7(6)11-8/h9-11H,3-8H2,1-2H3;3,5H,2,4H2,1H3,(H,9,10). The van der Waals surface area contributed by atoms with E-state index >= 15 is 0 Å². The molecule has 0 aliphatic heterocycles. The van der Waals surface area contributed by atoms with Gasteiger partial charge in [-0.1, -0.05) is 62.5 Å². The molecular formula is C18H31N3S2. The fraction of sp³-hybridized carbons (Fsp3) is 0.722. The number of anilines is 1. The zero-order chi connectivity index (χ0) is 16.5. The first kappa shape index (κ1) is 18.8. The van der Waals surface area contributed by atoms with Crippen LogP contribution in [-0.4, -0.2) is 23.8 Å². The SMILES string of the molecule is CC(C)SNCC1CCCCC1.CNc1nc2c(s1)C=CCC2. The summed E-state index contributed by atoms with van der Waals surface area (Å²) in [5.74, 6) is 0.963. The number of allylic oxidation sites excluding steroid dienone is 1. The summed E-state index contributed by atoms with van der Waals surface area (Å²) < 4.78 is 3.47. The van der Waals surface area contributed by atoms with Crippen molar-refractivity contribution in [3.8, 4) is 0 Å². The lowest BCUT2D eigenvalue weighted by atomic mass is 9.90. The third kappa shape index (κ3) is 6.86. The van der Waals surface area contributed by atoms with Crippen molar-refractivity contribution in [3.63, 3.8) is 0 Å². The van der Waals surface area contributed by atoms with Gasteiger partial charge in [-0.3, -0.25) is 4.72 Å². The lowest BCUT2D eigenvalue weighted by Crippen LogP contribution is -2.20. The van der Waals surface area contributed by atoms with Gasteiger partial charge in [-0.15, -0.1) is 0 Å². The fourth-order valence-corrected chi connectivity index (χ4v) is 4.48. The van der Waals surface area contributed by atoms with Crippen LogP contribution in [0.1, 0.15) is 62.9 Å². The van der Waals surface area contributed by atoms with Crippen LogP contribution in [-0.2, 0) is 6.42 Å². The molecule has 1 heterocycles. The number of rotatable bonds is 5. The first-order valence-electron chi connectivity index (χ1n) is 8.91. The third-order valence-electron chi connectivity index (χ3n) is 4.17. The van der Waals surface area contributed by atoms with Gasteiger partial charge in [0.1, 0.15) is 0 Å². The fourth-order valence-electron chi connectivity index (χ4n) is 2.91. The monoisotopic (exact) mass is 353 g/mol. The Labute approximate surface area is 149 Å². The second kappa shape index (κ2) is 10.4. The molecule has 2 aliphatic rings. The molecule has 5 heteroatoms. The van der Waals surface area contributed by atoms with Crippen molar-refractivity contribution >= 4 is 34.5 Å².